The maximum absolute atomic E-state index is 6.19. The molecule has 2 rings (SSSR count). The van der Waals surface area contributed by atoms with E-state index < -0.39 is 0 Å². The molecule has 0 unspecified atom stereocenters. The first-order valence-electron chi connectivity index (χ1n) is 8.63. The highest BCUT2D eigenvalue weighted by Gasteiger charge is 2.17. The maximum atomic E-state index is 6.19. The van der Waals surface area contributed by atoms with Gasteiger partial charge in [-0.2, -0.15) is 0 Å². The quantitative estimate of drug-likeness (QED) is 0.682. The van der Waals surface area contributed by atoms with Gasteiger partial charge in [0.15, 0.2) is 5.15 Å². The van der Waals surface area contributed by atoms with Gasteiger partial charge in [-0.25, -0.2) is 4.98 Å². The van der Waals surface area contributed by atoms with E-state index in [0.29, 0.717) is 5.15 Å². The molecule has 1 fully saturated rings. The summed E-state index contributed by atoms with van der Waals surface area (Å²) in [5.74, 6) is 2.89. The van der Waals surface area contributed by atoms with Crippen LogP contribution in [0.4, 0.5) is 0 Å². The molecule has 0 amide bonds. The number of imidazole rings is 1. The van der Waals surface area contributed by atoms with Crippen LogP contribution in [0.3, 0.4) is 0 Å². The Hall–Kier alpha value is -0.540. The number of aromatic amines is 1. The Kier molecular flexibility index (Phi) is 7.05. The number of hydrogen-bond acceptors (Lipinski definition) is 2. The summed E-state index contributed by atoms with van der Waals surface area (Å²) in [5, 5.41) is 4.15. The van der Waals surface area contributed by atoms with E-state index in [-0.39, 0.29) is 0 Å². The van der Waals surface area contributed by atoms with E-state index in [0.717, 1.165) is 49.3 Å². The molecule has 0 aromatic carbocycles. The summed E-state index contributed by atoms with van der Waals surface area (Å²) in [6.45, 7) is 6.46. The number of nitrogens with zero attached hydrogens (tertiary/aromatic N) is 1. The average molecular weight is 312 g/mol. The number of hydrogen-bond donors (Lipinski definition) is 2. The first kappa shape index (κ1) is 16.8. The van der Waals surface area contributed by atoms with Gasteiger partial charge in [-0.15, -0.1) is 0 Å². The van der Waals surface area contributed by atoms with E-state index in [1.807, 2.05) is 0 Å². The van der Waals surface area contributed by atoms with E-state index in [2.05, 4.69) is 29.1 Å². The molecule has 2 N–H and O–H groups in total. The third-order valence-electron chi connectivity index (χ3n) is 4.71. The van der Waals surface area contributed by atoms with Crippen molar-refractivity contribution in [1.29, 1.82) is 0 Å². The fourth-order valence-corrected chi connectivity index (χ4v) is 3.37. The second kappa shape index (κ2) is 8.79. The van der Waals surface area contributed by atoms with Crippen LogP contribution in [0.1, 0.15) is 70.3 Å². The molecule has 1 aromatic rings. The van der Waals surface area contributed by atoms with Crippen molar-refractivity contribution in [2.75, 3.05) is 6.54 Å². The van der Waals surface area contributed by atoms with Crippen LogP contribution in [0, 0.1) is 11.8 Å². The molecule has 1 aliphatic rings. The van der Waals surface area contributed by atoms with E-state index in [4.69, 9.17) is 11.6 Å². The second-order valence-electron chi connectivity index (χ2n) is 6.65. The molecule has 0 spiro atoms. The number of nitrogens with one attached hydrogen (secondary N) is 2. The highest BCUT2D eigenvalue weighted by molar-refractivity contribution is 6.30. The largest absolute Gasteiger partial charge is 0.344 e. The van der Waals surface area contributed by atoms with Gasteiger partial charge >= 0.3 is 0 Å². The molecule has 120 valence electrons. The first-order valence-corrected chi connectivity index (χ1v) is 9.00. The van der Waals surface area contributed by atoms with Gasteiger partial charge in [-0.3, -0.25) is 0 Å². The van der Waals surface area contributed by atoms with Crippen LogP contribution < -0.4 is 5.32 Å². The smallest absolute Gasteiger partial charge is 0.151 e. The zero-order chi connectivity index (χ0) is 15.1. The van der Waals surface area contributed by atoms with Crippen molar-refractivity contribution < 1.29 is 0 Å². The van der Waals surface area contributed by atoms with Gasteiger partial charge in [0.05, 0.1) is 5.69 Å². The van der Waals surface area contributed by atoms with Gasteiger partial charge < -0.3 is 10.3 Å². The Balaban J connectivity index is 1.65. The summed E-state index contributed by atoms with van der Waals surface area (Å²) >= 11 is 6.19. The van der Waals surface area contributed by atoms with Gasteiger partial charge in [0, 0.05) is 13.0 Å². The Morgan fingerprint density at radius 2 is 2.05 bits per heavy atom. The topological polar surface area (TPSA) is 40.7 Å². The van der Waals surface area contributed by atoms with Gasteiger partial charge in [0.25, 0.3) is 0 Å². The van der Waals surface area contributed by atoms with Crippen molar-refractivity contribution in [3.05, 3.63) is 16.7 Å². The van der Waals surface area contributed by atoms with Crippen LogP contribution in [-0.2, 0) is 13.0 Å². The standard InChI is InChI=1S/C17H30ClN3/c1-3-4-5-16-20-15(17(18)21-16)12-19-11-10-14-8-6-13(2)7-9-14/h13-14,19H,3-12H2,1-2H3,(H,20,21). The van der Waals surface area contributed by atoms with Crippen molar-refractivity contribution in [1.82, 2.24) is 15.3 Å². The van der Waals surface area contributed by atoms with E-state index >= 15 is 0 Å². The summed E-state index contributed by atoms with van der Waals surface area (Å²) in [7, 11) is 0. The molecule has 0 atom stereocenters. The number of unbranched alkanes of at least 4 members (excludes halogenated alkanes) is 1. The number of H-pyrrole nitrogens is 1. The minimum atomic E-state index is 0.639. The summed E-state index contributed by atoms with van der Waals surface area (Å²) in [4.78, 5) is 7.75. The van der Waals surface area contributed by atoms with Crippen LogP contribution >= 0.6 is 11.6 Å². The summed E-state index contributed by atoms with van der Waals surface area (Å²) in [5.41, 5.74) is 1.04. The minimum absolute atomic E-state index is 0.639. The van der Waals surface area contributed by atoms with Crippen molar-refractivity contribution in [3.8, 4) is 0 Å². The van der Waals surface area contributed by atoms with E-state index in [1.165, 1.54) is 38.5 Å². The maximum Gasteiger partial charge on any atom is 0.151 e. The van der Waals surface area contributed by atoms with E-state index in [9.17, 15) is 0 Å². The third-order valence-corrected chi connectivity index (χ3v) is 5.02. The van der Waals surface area contributed by atoms with Crippen molar-refractivity contribution in [2.24, 2.45) is 11.8 Å². The lowest BCUT2D eigenvalue weighted by Crippen LogP contribution is -2.20. The summed E-state index contributed by atoms with van der Waals surface area (Å²) in [6, 6.07) is 0. The summed E-state index contributed by atoms with van der Waals surface area (Å²) in [6.07, 6.45) is 10.3. The Bertz CT molecular complexity index is 408. The average Bonchev–Trinajstić information content (AvgIpc) is 2.83. The number of rotatable bonds is 8. The molecular weight excluding hydrogens is 282 g/mol. The van der Waals surface area contributed by atoms with Gasteiger partial charge in [0.2, 0.25) is 0 Å². The first-order chi connectivity index (χ1) is 10.2. The van der Waals surface area contributed by atoms with Gasteiger partial charge in [-0.05, 0) is 31.2 Å². The summed E-state index contributed by atoms with van der Waals surface area (Å²) < 4.78 is 0. The monoisotopic (exact) mass is 311 g/mol. The molecule has 3 nitrogen and oxygen atoms in total. The lowest BCUT2D eigenvalue weighted by Gasteiger charge is -2.26. The zero-order valence-corrected chi connectivity index (χ0v) is 14.3. The fraction of sp³-hybridized carbons (Fsp3) is 0.824. The Morgan fingerprint density at radius 3 is 2.76 bits per heavy atom. The normalized spacial score (nSPS) is 22.6. The minimum Gasteiger partial charge on any atom is -0.344 e. The Morgan fingerprint density at radius 1 is 1.29 bits per heavy atom. The van der Waals surface area contributed by atoms with Crippen molar-refractivity contribution in [3.63, 3.8) is 0 Å². The molecular formula is C17H30ClN3. The van der Waals surface area contributed by atoms with Crippen LogP contribution in [0.25, 0.3) is 0 Å². The molecule has 0 bridgehead atoms. The van der Waals surface area contributed by atoms with Crippen molar-refractivity contribution in [2.45, 2.75) is 71.8 Å². The fourth-order valence-electron chi connectivity index (χ4n) is 3.16. The number of aryl methyl sites for hydroxylation is 1. The molecule has 0 saturated heterocycles. The lowest BCUT2D eigenvalue weighted by atomic mass is 9.81. The molecule has 4 heteroatoms. The second-order valence-corrected chi connectivity index (χ2v) is 7.01. The molecule has 0 radical (unpaired) electrons. The van der Waals surface area contributed by atoms with Crippen LogP contribution in [0.2, 0.25) is 5.15 Å². The lowest BCUT2D eigenvalue weighted by molar-refractivity contribution is 0.275. The molecule has 1 saturated carbocycles. The SMILES string of the molecule is CCCCc1nc(Cl)c(CNCCC2CCC(C)CC2)[nH]1. The molecule has 0 aliphatic heterocycles. The molecule has 21 heavy (non-hydrogen) atoms. The predicted octanol–water partition coefficient (Wildman–Crippen LogP) is 4.71. The van der Waals surface area contributed by atoms with Crippen LogP contribution in [0.5, 0.6) is 0 Å². The van der Waals surface area contributed by atoms with Gasteiger partial charge in [-0.1, -0.05) is 57.6 Å². The molecule has 1 heterocycles. The molecule has 1 aromatic heterocycles. The van der Waals surface area contributed by atoms with Crippen molar-refractivity contribution >= 4 is 11.6 Å². The van der Waals surface area contributed by atoms with Crippen LogP contribution in [-0.4, -0.2) is 16.5 Å². The van der Waals surface area contributed by atoms with Crippen LogP contribution in [0.15, 0.2) is 0 Å². The zero-order valence-electron chi connectivity index (χ0n) is 13.6. The highest BCUT2D eigenvalue weighted by Crippen LogP contribution is 2.29. The van der Waals surface area contributed by atoms with E-state index in [1.54, 1.807) is 0 Å². The highest BCUT2D eigenvalue weighted by atomic mass is 35.5. The third kappa shape index (κ3) is 5.63. The van der Waals surface area contributed by atoms with Gasteiger partial charge in [0.1, 0.15) is 5.82 Å². The molecule has 1 aliphatic carbocycles. The number of aromatic nitrogens is 2. The number of halogens is 1. The Labute approximate surface area is 134 Å². The predicted molar refractivity (Wildman–Crippen MR) is 89.7 cm³/mol.